The monoisotopic (exact) mass is 242 g/mol. The van der Waals surface area contributed by atoms with Gasteiger partial charge in [-0.25, -0.2) is 0 Å². The summed E-state index contributed by atoms with van der Waals surface area (Å²) in [5.41, 5.74) is 4.12. The van der Waals surface area contributed by atoms with E-state index in [1.165, 1.54) is 11.8 Å². The third kappa shape index (κ3) is 2.94. The maximum atomic E-state index is 11.5. The second-order valence-corrected chi connectivity index (χ2v) is 4.46. The molecule has 0 N–H and O–H groups in total. The van der Waals surface area contributed by atoms with Crippen molar-refractivity contribution in [2.24, 2.45) is 0 Å². The molecule has 4 heteroatoms. The number of rotatable bonds is 4. The van der Waals surface area contributed by atoms with E-state index in [-0.39, 0.29) is 0 Å². The second-order valence-electron chi connectivity index (χ2n) is 4.46. The molecule has 0 unspecified atom stereocenters. The number of Topliss-reactive ketones (excluding diaryl/α,β-unsaturated/α-hetero) is 1. The van der Waals surface area contributed by atoms with Crippen molar-refractivity contribution in [2.45, 2.75) is 27.3 Å². The minimum absolute atomic E-state index is 0.408. The Morgan fingerprint density at radius 1 is 1.33 bits per heavy atom. The molecule has 1 radical (unpaired) electrons. The molecule has 0 aliphatic heterocycles. The summed E-state index contributed by atoms with van der Waals surface area (Å²) in [5, 5.41) is 0. The molecule has 1 amide bonds. The van der Waals surface area contributed by atoms with Gasteiger partial charge in [-0.15, -0.1) is 0 Å². The van der Waals surface area contributed by atoms with Gasteiger partial charge in [0.05, 0.1) is 0 Å². The number of hydrogen-bond acceptors (Lipinski definition) is 2. The molecule has 1 aromatic carbocycles. The number of nitrogens with zero attached hydrogens (tertiary/aromatic N) is 1. The number of likely N-dealkylation sites (N-methyl/N-ethyl adjacent to an activating group) is 1. The van der Waals surface area contributed by atoms with Crippen LogP contribution in [-0.2, 0) is 16.1 Å². The summed E-state index contributed by atoms with van der Waals surface area (Å²) < 4.78 is 0. The summed E-state index contributed by atoms with van der Waals surface area (Å²) in [7, 11) is 7.22. The summed E-state index contributed by atoms with van der Waals surface area (Å²) in [6.07, 6.45) is 0. The van der Waals surface area contributed by atoms with Crippen LogP contribution in [0.5, 0.6) is 0 Å². The van der Waals surface area contributed by atoms with E-state index >= 15 is 0 Å². The van der Waals surface area contributed by atoms with Gasteiger partial charge in [0.15, 0.2) is 0 Å². The molecule has 0 aliphatic carbocycles. The van der Waals surface area contributed by atoms with Crippen molar-refractivity contribution in [2.75, 3.05) is 7.05 Å². The fourth-order valence-electron chi connectivity index (χ4n) is 1.93. The van der Waals surface area contributed by atoms with Gasteiger partial charge >= 0.3 is 108 Å². The van der Waals surface area contributed by atoms with Gasteiger partial charge in [-0.05, 0) is 0 Å². The molecule has 0 bridgehead atoms. The van der Waals surface area contributed by atoms with Crippen LogP contribution in [0, 0.1) is 13.8 Å². The maximum absolute atomic E-state index is 11.5. The van der Waals surface area contributed by atoms with E-state index < -0.39 is 11.7 Å². The summed E-state index contributed by atoms with van der Waals surface area (Å²) in [6.45, 7) is 5.64. The Labute approximate surface area is 109 Å². The van der Waals surface area contributed by atoms with Gasteiger partial charge in [0.25, 0.3) is 0 Å². The van der Waals surface area contributed by atoms with Gasteiger partial charge in [-0.2, -0.15) is 0 Å². The summed E-state index contributed by atoms with van der Waals surface area (Å²) in [5.74, 6) is 0.641. The number of aryl methyl sites for hydroxylation is 1. The van der Waals surface area contributed by atoms with Crippen LogP contribution in [0.1, 0.15) is 29.2 Å². The van der Waals surface area contributed by atoms with E-state index in [0.717, 1.165) is 22.3 Å². The van der Waals surface area contributed by atoms with E-state index in [1.54, 1.807) is 13.0 Å². The van der Waals surface area contributed by atoms with Crippen LogP contribution in [0.3, 0.4) is 0 Å². The molecule has 1 rings (SSSR count). The Balaban J connectivity index is 3.02. The van der Waals surface area contributed by atoms with Crippen molar-refractivity contribution in [1.29, 1.82) is 0 Å². The molecule has 93 valence electrons. The molecule has 0 atom stereocenters. The van der Waals surface area contributed by atoms with Crippen LogP contribution in [0.15, 0.2) is 12.1 Å². The Bertz CT molecular complexity index is 509. The van der Waals surface area contributed by atoms with Crippen molar-refractivity contribution >= 4 is 25.1 Å². The Hall–Kier alpha value is -1.71. The van der Waals surface area contributed by atoms with Gasteiger partial charge < -0.3 is 0 Å². The van der Waals surface area contributed by atoms with Gasteiger partial charge in [0.2, 0.25) is 0 Å². The van der Waals surface area contributed by atoms with Crippen LogP contribution < -0.4 is 0 Å². The van der Waals surface area contributed by atoms with Crippen LogP contribution in [0.25, 0.3) is 0 Å². The standard InChI is InChI=1S/C14H17BNO2/c1-9-5-6-12(10(2)13(9)7-15)8-16(4)14(18)11(3)17/h5-7H,8H2,1-4H3. The van der Waals surface area contributed by atoms with Crippen molar-refractivity contribution < 1.29 is 9.59 Å². The first kappa shape index (κ1) is 14.4. The third-order valence-electron chi connectivity index (χ3n) is 3.07. The predicted molar refractivity (Wildman–Crippen MR) is 74.0 cm³/mol. The second kappa shape index (κ2) is 5.76. The Morgan fingerprint density at radius 2 is 1.94 bits per heavy atom. The predicted octanol–water partition coefficient (Wildman–Crippen LogP) is 1.17. The SMILES string of the molecule is [B]=Cc1c(C)ccc(CN(C)C(=O)C(C)=O)c1C. The van der Waals surface area contributed by atoms with Crippen molar-refractivity contribution in [3.63, 3.8) is 0 Å². The molecule has 0 aromatic heterocycles. The first-order valence-corrected chi connectivity index (χ1v) is 5.78. The molecule has 0 fully saturated rings. The zero-order valence-corrected chi connectivity index (χ0v) is 11.3. The average molecular weight is 242 g/mol. The quantitative estimate of drug-likeness (QED) is 0.587. The molecule has 0 heterocycles. The molecule has 1 aromatic rings. The summed E-state index contributed by atoms with van der Waals surface area (Å²) >= 11 is 0. The number of hydrogen-bond donors (Lipinski definition) is 0. The summed E-state index contributed by atoms with van der Waals surface area (Å²) in [6, 6.07) is 3.93. The Morgan fingerprint density at radius 3 is 2.44 bits per heavy atom. The number of ketones is 1. The van der Waals surface area contributed by atoms with E-state index in [1.807, 2.05) is 26.0 Å². The average Bonchev–Trinajstić information content (AvgIpc) is 2.32. The molecule has 3 nitrogen and oxygen atoms in total. The number of benzene rings is 1. The topological polar surface area (TPSA) is 37.4 Å². The van der Waals surface area contributed by atoms with Gasteiger partial charge in [0.1, 0.15) is 0 Å². The first-order valence-electron chi connectivity index (χ1n) is 5.78. The van der Waals surface area contributed by atoms with Crippen LogP contribution in [0.2, 0.25) is 0 Å². The van der Waals surface area contributed by atoms with Gasteiger partial charge in [-0.3, -0.25) is 0 Å². The van der Waals surface area contributed by atoms with Gasteiger partial charge in [-0.1, -0.05) is 0 Å². The van der Waals surface area contributed by atoms with Gasteiger partial charge in [0, 0.05) is 0 Å². The summed E-state index contributed by atoms with van der Waals surface area (Å²) in [4.78, 5) is 24.0. The third-order valence-corrected chi connectivity index (χ3v) is 3.07. The normalized spacial score (nSPS) is 9.94. The fourth-order valence-corrected chi connectivity index (χ4v) is 1.93. The van der Waals surface area contributed by atoms with E-state index in [9.17, 15) is 9.59 Å². The van der Waals surface area contributed by atoms with Crippen LogP contribution in [0.4, 0.5) is 0 Å². The van der Waals surface area contributed by atoms with E-state index in [0.29, 0.717) is 6.54 Å². The molecule has 0 spiro atoms. The molecule has 0 aliphatic rings. The van der Waals surface area contributed by atoms with Crippen LogP contribution in [-0.4, -0.2) is 37.1 Å². The van der Waals surface area contributed by atoms with Crippen molar-refractivity contribution in [3.05, 3.63) is 34.4 Å². The first-order chi connectivity index (χ1) is 8.38. The molecule has 0 saturated carbocycles. The number of carbonyl (C=O) groups excluding carboxylic acids is 2. The molecule has 18 heavy (non-hydrogen) atoms. The fraction of sp³-hybridized carbons (Fsp3) is 0.357. The zero-order valence-electron chi connectivity index (χ0n) is 11.3. The zero-order chi connectivity index (χ0) is 13.9. The Kier molecular flexibility index (Phi) is 4.59. The van der Waals surface area contributed by atoms with Crippen molar-refractivity contribution in [1.82, 2.24) is 4.90 Å². The van der Waals surface area contributed by atoms with Crippen molar-refractivity contribution in [3.8, 4) is 0 Å². The molecule has 0 saturated heterocycles. The minimum atomic E-state index is -0.478. The van der Waals surface area contributed by atoms with Crippen LogP contribution >= 0.6 is 0 Å². The van der Waals surface area contributed by atoms with E-state index in [4.69, 9.17) is 7.49 Å². The van der Waals surface area contributed by atoms with E-state index in [2.05, 4.69) is 0 Å². The number of carbonyl (C=O) groups is 2. The molecular weight excluding hydrogens is 225 g/mol. The number of amides is 1. The molecular formula is C14H17BNO2.